The Balaban J connectivity index is 2.10. The second kappa shape index (κ2) is 7.14. The van der Waals surface area contributed by atoms with Crippen LogP contribution in [0.5, 0.6) is 0 Å². The molecule has 0 unspecified atom stereocenters. The molecule has 0 saturated carbocycles. The van der Waals surface area contributed by atoms with Crippen molar-refractivity contribution in [3.8, 4) is 0 Å². The van der Waals surface area contributed by atoms with Gasteiger partial charge in [-0.15, -0.1) is 0 Å². The number of rotatable bonds is 5. The highest BCUT2D eigenvalue weighted by Crippen LogP contribution is 2.41. The lowest BCUT2D eigenvalue weighted by Gasteiger charge is -2.27. The minimum atomic E-state index is -0.0265. The third-order valence-electron chi connectivity index (χ3n) is 4.90. The van der Waals surface area contributed by atoms with Crippen molar-refractivity contribution in [2.75, 3.05) is 13.2 Å². The van der Waals surface area contributed by atoms with E-state index in [9.17, 15) is 5.11 Å². The lowest BCUT2D eigenvalue weighted by molar-refractivity contribution is 0.222. The van der Waals surface area contributed by atoms with Gasteiger partial charge in [0.15, 0.2) is 5.11 Å². The van der Waals surface area contributed by atoms with Crippen LogP contribution < -0.4 is 5.32 Å². The van der Waals surface area contributed by atoms with Gasteiger partial charge >= 0.3 is 0 Å². The van der Waals surface area contributed by atoms with Crippen molar-refractivity contribution in [3.63, 3.8) is 0 Å². The van der Waals surface area contributed by atoms with Gasteiger partial charge in [-0.25, -0.2) is 0 Å². The van der Waals surface area contributed by atoms with Crippen LogP contribution in [0.3, 0.4) is 0 Å². The summed E-state index contributed by atoms with van der Waals surface area (Å²) >= 11 is 5.56. The predicted molar refractivity (Wildman–Crippen MR) is 104 cm³/mol. The Morgan fingerprint density at radius 3 is 2.64 bits per heavy atom. The first-order valence-electron chi connectivity index (χ1n) is 8.73. The third kappa shape index (κ3) is 3.16. The fourth-order valence-corrected chi connectivity index (χ4v) is 4.32. The van der Waals surface area contributed by atoms with Gasteiger partial charge in [-0.1, -0.05) is 6.07 Å². The minimum absolute atomic E-state index is 0.0215. The van der Waals surface area contributed by atoms with Crippen LogP contribution in [-0.2, 0) is 0 Å². The Morgan fingerprint density at radius 1 is 1.32 bits per heavy atom. The second-order valence-corrected chi connectivity index (χ2v) is 7.22. The van der Waals surface area contributed by atoms with Crippen molar-refractivity contribution in [2.24, 2.45) is 0 Å². The van der Waals surface area contributed by atoms with E-state index in [0.29, 0.717) is 17.7 Å². The van der Waals surface area contributed by atoms with E-state index < -0.39 is 0 Å². The fourth-order valence-electron chi connectivity index (χ4n) is 3.99. The van der Waals surface area contributed by atoms with Gasteiger partial charge in [0.1, 0.15) is 0 Å². The number of aliphatic hydroxyl groups is 1. The van der Waals surface area contributed by atoms with Crippen LogP contribution in [0.1, 0.15) is 54.6 Å². The van der Waals surface area contributed by atoms with Gasteiger partial charge < -0.3 is 19.9 Å². The van der Waals surface area contributed by atoms with Gasteiger partial charge in [0.2, 0.25) is 0 Å². The van der Waals surface area contributed by atoms with E-state index >= 15 is 0 Å². The summed E-state index contributed by atoms with van der Waals surface area (Å²) in [5.74, 6) is 0. The Morgan fingerprint density at radius 2 is 2.08 bits per heavy atom. The van der Waals surface area contributed by atoms with Crippen LogP contribution in [0, 0.1) is 13.8 Å². The molecular weight excluding hydrogens is 332 g/mol. The molecule has 134 valence electrons. The summed E-state index contributed by atoms with van der Waals surface area (Å²) in [5.41, 5.74) is 4.68. The molecule has 0 bridgehead atoms. The molecule has 2 atom stereocenters. The normalized spacial score (nSPS) is 20.4. The lowest BCUT2D eigenvalue weighted by atomic mass is 9.97. The van der Waals surface area contributed by atoms with Gasteiger partial charge in [0.05, 0.1) is 24.4 Å². The van der Waals surface area contributed by atoms with Crippen LogP contribution >= 0.6 is 12.2 Å². The van der Waals surface area contributed by atoms with Gasteiger partial charge in [-0.2, -0.15) is 0 Å². The monoisotopic (exact) mass is 358 g/mol. The molecule has 5 nitrogen and oxygen atoms in total. The molecule has 2 aromatic heterocycles. The zero-order chi connectivity index (χ0) is 18.1. The first-order valence-corrected chi connectivity index (χ1v) is 9.13. The number of nitrogens with zero attached hydrogens (tertiary/aromatic N) is 3. The number of β-amino-alcohol motifs (C(OH)–C–C–N with tert-alkyl or cyclic N) is 1. The molecule has 2 N–H and O–H groups in total. The lowest BCUT2D eigenvalue weighted by Crippen LogP contribution is -2.32. The quantitative estimate of drug-likeness (QED) is 0.805. The molecule has 1 fully saturated rings. The molecule has 1 saturated heterocycles. The van der Waals surface area contributed by atoms with Crippen LogP contribution in [0.25, 0.3) is 0 Å². The maximum atomic E-state index is 9.53. The molecule has 0 radical (unpaired) electrons. The molecule has 0 aliphatic carbocycles. The molecule has 25 heavy (non-hydrogen) atoms. The summed E-state index contributed by atoms with van der Waals surface area (Å²) in [6, 6.07) is 8.58. The van der Waals surface area contributed by atoms with Gasteiger partial charge in [0, 0.05) is 30.2 Å². The van der Waals surface area contributed by atoms with E-state index in [-0.39, 0.29) is 18.7 Å². The minimum Gasteiger partial charge on any atom is -0.395 e. The van der Waals surface area contributed by atoms with Crippen molar-refractivity contribution < 1.29 is 5.11 Å². The average Bonchev–Trinajstić information content (AvgIpc) is 3.05. The molecule has 0 amide bonds. The molecule has 2 aromatic rings. The second-order valence-electron chi connectivity index (χ2n) is 6.83. The largest absolute Gasteiger partial charge is 0.395 e. The van der Waals surface area contributed by atoms with Crippen molar-refractivity contribution >= 4 is 17.3 Å². The maximum Gasteiger partial charge on any atom is 0.170 e. The number of aliphatic hydroxyl groups excluding tert-OH is 1. The standard InChI is InChI=1S/C19H26N4OS/c1-12(2)23-13(3)11-15(14(23)4)18-17(16-7-5-6-8-20-16)21-19(25)22(18)9-10-24/h5-8,11-12,17-18,24H,9-10H2,1-4H3,(H,21,25)/t17-,18-/m1/s1. The molecule has 3 heterocycles. The van der Waals surface area contributed by atoms with E-state index in [0.717, 1.165) is 5.69 Å². The topological polar surface area (TPSA) is 53.3 Å². The van der Waals surface area contributed by atoms with E-state index in [1.54, 1.807) is 0 Å². The van der Waals surface area contributed by atoms with E-state index in [2.05, 4.69) is 53.5 Å². The van der Waals surface area contributed by atoms with Gasteiger partial charge in [0.25, 0.3) is 0 Å². The van der Waals surface area contributed by atoms with Crippen molar-refractivity contribution in [1.29, 1.82) is 0 Å². The number of nitrogens with one attached hydrogen (secondary N) is 1. The zero-order valence-electron chi connectivity index (χ0n) is 15.2. The highest BCUT2D eigenvalue weighted by Gasteiger charge is 2.41. The number of aromatic nitrogens is 2. The zero-order valence-corrected chi connectivity index (χ0v) is 16.0. The highest BCUT2D eigenvalue weighted by atomic mass is 32.1. The third-order valence-corrected chi connectivity index (χ3v) is 5.25. The molecule has 6 heteroatoms. The van der Waals surface area contributed by atoms with E-state index in [4.69, 9.17) is 12.2 Å². The molecule has 0 aromatic carbocycles. The number of hydrogen-bond donors (Lipinski definition) is 2. The Labute approximate surface area is 154 Å². The fraction of sp³-hybridized carbons (Fsp3) is 0.474. The summed E-state index contributed by atoms with van der Waals surface area (Å²) < 4.78 is 2.35. The molecular formula is C19H26N4OS. The van der Waals surface area contributed by atoms with Crippen LogP contribution in [0.2, 0.25) is 0 Å². The van der Waals surface area contributed by atoms with Crippen molar-refractivity contribution in [1.82, 2.24) is 19.8 Å². The summed E-state index contributed by atoms with van der Waals surface area (Å²) in [7, 11) is 0. The van der Waals surface area contributed by atoms with Crippen molar-refractivity contribution in [2.45, 2.75) is 45.8 Å². The van der Waals surface area contributed by atoms with Crippen LogP contribution in [0.15, 0.2) is 30.5 Å². The van der Waals surface area contributed by atoms with Gasteiger partial charge in [-0.3, -0.25) is 4.98 Å². The van der Waals surface area contributed by atoms with E-state index in [1.807, 2.05) is 24.4 Å². The Hall–Kier alpha value is -1.92. The molecule has 0 spiro atoms. The first kappa shape index (κ1) is 17.9. The predicted octanol–water partition coefficient (Wildman–Crippen LogP) is 3.05. The van der Waals surface area contributed by atoms with E-state index in [1.165, 1.54) is 17.0 Å². The molecule has 1 aliphatic rings. The molecule has 3 rings (SSSR count). The number of aryl methyl sites for hydroxylation is 1. The summed E-state index contributed by atoms with van der Waals surface area (Å²) in [5, 5.41) is 13.6. The SMILES string of the molecule is Cc1cc([C@@H]2[C@@H](c3ccccn3)NC(=S)N2CCO)c(C)n1C(C)C. The number of thiocarbonyl (C=S) groups is 1. The smallest absolute Gasteiger partial charge is 0.170 e. The summed E-state index contributed by atoms with van der Waals surface area (Å²) in [4.78, 5) is 6.63. The first-order chi connectivity index (χ1) is 12.0. The summed E-state index contributed by atoms with van der Waals surface area (Å²) in [6.45, 7) is 9.27. The number of pyridine rings is 1. The Bertz CT molecular complexity index is 756. The highest BCUT2D eigenvalue weighted by molar-refractivity contribution is 7.80. The summed E-state index contributed by atoms with van der Waals surface area (Å²) in [6.07, 6.45) is 1.81. The maximum absolute atomic E-state index is 9.53. The van der Waals surface area contributed by atoms with Crippen LogP contribution in [-0.4, -0.2) is 37.8 Å². The Kier molecular flexibility index (Phi) is 5.11. The van der Waals surface area contributed by atoms with Crippen molar-refractivity contribution in [3.05, 3.63) is 53.1 Å². The molecule has 1 aliphatic heterocycles. The average molecular weight is 359 g/mol. The number of hydrogen-bond acceptors (Lipinski definition) is 3. The van der Waals surface area contributed by atoms with Gasteiger partial charge in [-0.05, 0) is 63.7 Å². The van der Waals surface area contributed by atoms with Crippen LogP contribution in [0.4, 0.5) is 0 Å².